The Morgan fingerprint density at radius 2 is 1.90 bits per heavy atom. The minimum atomic E-state index is -0.458. The maximum atomic E-state index is 12.8. The molecule has 2 aromatic heterocycles. The van der Waals surface area contributed by atoms with Crippen LogP contribution >= 0.6 is 0 Å². The van der Waals surface area contributed by atoms with Gasteiger partial charge in [0.25, 0.3) is 5.69 Å². The molecule has 0 saturated carbocycles. The quantitative estimate of drug-likeness (QED) is 0.545. The Hall–Kier alpha value is -2.97. The van der Waals surface area contributed by atoms with E-state index < -0.39 is 4.92 Å². The Bertz CT molecular complexity index is 882. The van der Waals surface area contributed by atoms with Crippen LogP contribution in [0.4, 0.5) is 11.5 Å². The lowest BCUT2D eigenvalue weighted by atomic mass is 10.1. The van der Waals surface area contributed by atoms with E-state index in [1.807, 2.05) is 28.3 Å². The molecule has 3 rings (SSSR count). The van der Waals surface area contributed by atoms with E-state index in [0.717, 1.165) is 23.5 Å². The average molecular weight is 400 g/mol. The first-order valence-electron chi connectivity index (χ1n) is 9.92. The van der Waals surface area contributed by atoms with Crippen LogP contribution in [-0.2, 0) is 17.8 Å². The molecule has 9 heteroatoms. The highest BCUT2D eigenvalue weighted by Crippen LogP contribution is 2.19. The maximum Gasteiger partial charge on any atom is 0.287 e. The molecule has 0 radical (unpaired) electrons. The number of piperazine rings is 1. The van der Waals surface area contributed by atoms with Crippen molar-refractivity contribution in [3.8, 4) is 0 Å². The minimum absolute atomic E-state index is 0.0219. The van der Waals surface area contributed by atoms with Gasteiger partial charge in [-0.05, 0) is 25.8 Å². The van der Waals surface area contributed by atoms with E-state index in [2.05, 4.69) is 23.9 Å². The minimum Gasteiger partial charge on any atom is -0.353 e. The van der Waals surface area contributed by atoms with Crippen LogP contribution < -0.4 is 4.90 Å². The van der Waals surface area contributed by atoms with E-state index in [1.54, 1.807) is 6.07 Å². The number of nitrogens with zero attached hydrogens (tertiary/aromatic N) is 6. The molecule has 9 nitrogen and oxygen atoms in total. The van der Waals surface area contributed by atoms with Crippen LogP contribution in [-0.4, -0.2) is 56.7 Å². The maximum absolute atomic E-state index is 12.8. The van der Waals surface area contributed by atoms with E-state index in [-0.39, 0.29) is 11.6 Å². The highest BCUT2D eigenvalue weighted by molar-refractivity contribution is 5.79. The molecule has 1 aliphatic heterocycles. The zero-order chi connectivity index (χ0) is 21.1. The molecule has 1 fully saturated rings. The van der Waals surface area contributed by atoms with Crippen LogP contribution in [0.1, 0.15) is 30.8 Å². The van der Waals surface area contributed by atoms with Gasteiger partial charge in [0.15, 0.2) is 0 Å². The number of amides is 1. The first-order valence-corrected chi connectivity index (χ1v) is 9.92. The Balaban J connectivity index is 1.59. The van der Waals surface area contributed by atoms with Gasteiger partial charge in [-0.25, -0.2) is 4.98 Å². The van der Waals surface area contributed by atoms with Crippen molar-refractivity contribution in [1.82, 2.24) is 19.7 Å². The lowest BCUT2D eigenvalue weighted by Gasteiger charge is -2.35. The van der Waals surface area contributed by atoms with Crippen LogP contribution in [0, 0.1) is 29.9 Å². The second-order valence-corrected chi connectivity index (χ2v) is 7.90. The van der Waals surface area contributed by atoms with Crippen molar-refractivity contribution < 1.29 is 9.72 Å². The molecule has 0 unspecified atom stereocenters. The lowest BCUT2D eigenvalue weighted by molar-refractivity contribution is -0.385. The molecule has 0 aliphatic carbocycles. The number of rotatable bonds is 6. The Morgan fingerprint density at radius 1 is 1.21 bits per heavy atom. The normalized spacial score (nSPS) is 14.5. The van der Waals surface area contributed by atoms with Gasteiger partial charge in [-0.15, -0.1) is 0 Å². The number of nitro groups is 1. The van der Waals surface area contributed by atoms with Gasteiger partial charge in [-0.3, -0.25) is 19.6 Å². The standard InChI is InChI=1S/C20H28N6O3/c1-14(2)13-25-16(4)18(15(3)22-25)11-20(27)24-9-7-23(8-10-24)19-6-5-17(12-21-19)26(28)29/h5-6,12,14H,7-11,13H2,1-4H3. The number of carbonyl (C=O) groups is 1. The Morgan fingerprint density at radius 3 is 2.45 bits per heavy atom. The molecule has 0 atom stereocenters. The third-order valence-electron chi connectivity index (χ3n) is 5.30. The summed E-state index contributed by atoms with van der Waals surface area (Å²) in [7, 11) is 0. The molecule has 2 aromatic rings. The third-order valence-corrected chi connectivity index (χ3v) is 5.30. The van der Waals surface area contributed by atoms with Crippen molar-refractivity contribution >= 4 is 17.4 Å². The predicted octanol–water partition coefficient (Wildman–Crippen LogP) is 2.35. The van der Waals surface area contributed by atoms with E-state index in [9.17, 15) is 14.9 Å². The molecule has 156 valence electrons. The molecule has 0 N–H and O–H groups in total. The molecule has 1 amide bonds. The topological polar surface area (TPSA) is 97.4 Å². The first-order chi connectivity index (χ1) is 13.8. The lowest BCUT2D eigenvalue weighted by Crippen LogP contribution is -2.49. The summed E-state index contributed by atoms with van der Waals surface area (Å²) in [6.45, 7) is 11.7. The van der Waals surface area contributed by atoms with Gasteiger partial charge >= 0.3 is 0 Å². The number of carbonyl (C=O) groups excluding carboxylic acids is 1. The van der Waals surface area contributed by atoms with Crippen molar-refractivity contribution in [2.45, 2.75) is 40.7 Å². The van der Waals surface area contributed by atoms with E-state index in [0.29, 0.717) is 44.3 Å². The molecule has 1 aliphatic rings. The summed E-state index contributed by atoms with van der Waals surface area (Å²) in [4.78, 5) is 31.3. The van der Waals surface area contributed by atoms with Gasteiger partial charge in [0.1, 0.15) is 12.0 Å². The predicted molar refractivity (Wildman–Crippen MR) is 110 cm³/mol. The van der Waals surface area contributed by atoms with Gasteiger partial charge in [-0.1, -0.05) is 13.8 Å². The molecule has 0 bridgehead atoms. The third kappa shape index (κ3) is 4.72. The number of hydrogen-bond acceptors (Lipinski definition) is 6. The smallest absolute Gasteiger partial charge is 0.287 e. The van der Waals surface area contributed by atoms with Gasteiger partial charge in [0.2, 0.25) is 5.91 Å². The van der Waals surface area contributed by atoms with E-state index in [4.69, 9.17) is 0 Å². The first kappa shape index (κ1) is 20.8. The Labute approximate surface area is 170 Å². The molecule has 1 saturated heterocycles. The monoisotopic (exact) mass is 400 g/mol. The van der Waals surface area contributed by atoms with Crippen LogP contribution in [0.15, 0.2) is 18.3 Å². The fourth-order valence-electron chi connectivity index (χ4n) is 3.63. The van der Waals surface area contributed by atoms with Crippen molar-refractivity contribution in [1.29, 1.82) is 0 Å². The number of aromatic nitrogens is 3. The number of anilines is 1. The summed E-state index contributed by atoms with van der Waals surface area (Å²) in [5, 5.41) is 15.4. The van der Waals surface area contributed by atoms with Crippen molar-refractivity contribution in [3.63, 3.8) is 0 Å². The van der Waals surface area contributed by atoms with Crippen LogP contribution in [0.3, 0.4) is 0 Å². The van der Waals surface area contributed by atoms with Crippen molar-refractivity contribution in [2.75, 3.05) is 31.1 Å². The second-order valence-electron chi connectivity index (χ2n) is 7.90. The number of hydrogen-bond donors (Lipinski definition) is 0. The second kappa shape index (κ2) is 8.59. The summed E-state index contributed by atoms with van der Waals surface area (Å²) >= 11 is 0. The van der Waals surface area contributed by atoms with Crippen LogP contribution in [0.5, 0.6) is 0 Å². The molecule has 29 heavy (non-hydrogen) atoms. The number of pyridine rings is 1. The van der Waals surface area contributed by atoms with Crippen molar-refractivity contribution in [2.24, 2.45) is 5.92 Å². The summed E-state index contributed by atoms with van der Waals surface area (Å²) in [6.07, 6.45) is 1.64. The summed E-state index contributed by atoms with van der Waals surface area (Å²) < 4.78 is 2.00. The zero-order valence-electron chi connectivity index (χ0n) is 17.5. The fraction of sp³-hybridized carbons (Fsp3) is 0.550. The average Bonchev–Trinajstić information content (AvgIpc) is 2.95. The Kier molecular flexibility index (Phi) is 6.14. The van der Waals surface area contributed by atoms with E-state index in [1.165, 1.54) is 12.3 Å². The summed E-state index contributed by atoms with van der Waals surface area (Å²) in [5.74, 6) is 1.30. The largest absolute Gasteiger partial charge is 0.353 e. The SMILES string of the molecule is Cc1nn(CC(C)C)c(C)c1CC(=O)N1CCN(c2ccc([N+](=O)[O-])cn2)CC1. The van der Waals surface area contributed by atoms with Crippen LogP contribution in [0.25, 0.3) is 0 Å². The summed E-state index contributed by atoms with van der Waals surface area (Å²) in [6, 6.07) is 3.12. The van der Waals surface area contributed by atoms with Crippen molar-refractivity contribution in [3.05, 3.63) is 45.4 Å². The molecular formula is C20H28N6O3. The molecule has 0 spiro atoms. The highest BCUT2D eigenvalue weighted by Gasteiger charge is 2.24. The van der Waals surface area contributed by atoms with Gasteiger partial charge in [0.05, 0.1) is 17.0 Å². The van der Waals surface area contributed by atoms with E-state index >= 15 is 0 Å². The van der Waals surface area contributed by atoms with Gasteiger partial charge in [0, 0.05) is 50.0 Å². The fourth-order valence-corrected chi connectivity index (χ4v) is 3.63. The highest BCUT2D eigenvalue weighted by atomic mass is 16.6. The summed E-state index contributed by atoms with van der Waals surface area (Å²) in [5.41, 5.74) is 2.99. The molecule has 3 heterocycles. The van der Waals surface area contributed by atoms with Gasteiger partial charge < -0.3 is 9.80 Å². The van der Waals surface area contributed by atoms with Gasteiger partial charge in [-0.2, -0.15) is 5.10 Å². The molecular weight excluding hydrogens is 372 g/mol. The molecule has 0 aromatic carbocycles. The van der Waals surface area contributed by atoms with Crippen LogP contribution in [0.2, 0.25) is 0 Å². The zero-order valence-corrected chi connectivity index (χ0v) is 17.5. The number of aryl methyl sites for hydroxylation is 1.